The van der Waals surface area contributed by atoms with Crippen LogP contribution >= 0.6 is 0 Å². The Morgan fingerprint density at radius 1 is 1.40 bits per heavy atom. The number of carbonyl (C=O) groups excluding carboxylic acids is 1. The lowest BCUT2D eigenvalue weighted by Crippen LogP contribution is -2.30. The van der Waals surface area contributed by atoms with E-state index in [0.717, 1.165) is 19.4 Å². The number of aromatic hydroxyl groups is 2. The molecule has 3 N–H and O–H groups in total. The van der Waals surface area contributed by atoms with Gasteiger partial charge < -0.3 is 15.5 Å². The van der Waals surface area contributed by atoms with Crippen molar-refractivity contribution < 1.29 is 15.0 Å². The van der Waals surface area contributed by atoms with E-state index < -0.39 is 0 Å². The van der Waals surface area contributed by atoms with Gasteiger partial charge in [-0.05, 0) is 31.5 Å². The highest BCUT2D eigenvalue weighted by Gasteiger charge is 2.25. The molecule has 0 aliphatic carbocycles. The summed E-state index contributed by atoms with van der Waals surface area (Å²) in [5.41, 5.74) is 0.271. The van der Waals surface area contributed by atoms with Crippen LogP contribution in [0.5, 0.6) is 11.5 Å². The molecule has 0 spiro atoms. The van der Waals surface area contributed by atoms with Crippen molar-refractivity contribution >= 4 is 5.78 Å². The normalized spacial score (nSPS) is 20.4. The summed E-state index contributed by atoms with van der Waals surface area (Å²) >= 11 is 0. The molecule has 0 bridgehead atoms. The highest BCUT2D eigenvalue weighted by atomic mass is 16.3. The van der Waals surface area contributed by atoms with Crippen LogP contribution in [-0.4, -0.2) is 28.6 Å². The van der Waals surface area contributed by atoms with Gasteiger partial charge in [0.25, 0.3) is 0 Å². The quantitative estimate of drug-likeness (QED) is 0.633. The largest absolute Gasteiger partial charge is 0.508 e. The summed E-state index contributed by atoms with van der Waals surface area (Å²) in [5.74, 6) is -0.304. The fourth-order valence-electron chi connectivity index (χ4n) is 1.82. The van der Waals surface area contributed by atoms with Crippen molar-refractivity contribution in [2.45, 2.75) is 18.9 Å². The second-order valence-corrected chi connectivity index (χ2v) is 3.71. The molecule has 15 heavy (non-hydrogen) atoms. The topological polar surface area (TPSA) is 69.6 Å². The van der Waals surface area contributed by atoms with E-state index in [9.17, 15) is 9.90 Å². The van der Waals surface area contributed by atoms with Crippen molar-refractivity contribution in [3.63, 3.8) is 0 Å². The van der Waals surface area contributed by atoms with Gasteiger partial charge in [0, 0.05) is 6.07 Å². The number of Topliss-reactive ketones (excluding diaryl/α,β-unsaturated/α-hetero) is 1. The number of ketones is 1. The molecule has 4 heteroatoms. The van der Waals surface area contributed by atoms with Gasteiger partial charge in [0.05, 0.1) is 11.6 Å². The Bertz CT molecular complexity index is 383. The number of nitrogens with one attached hydrogen (secondary N) is 1. The molecule has 1 heterocycles. The van der Waals surface area contributed by atoms with Gasteiger partial charge in [0.2, 0.25) is 0 Å². The lowest BCUT2D eigenvalue weighted by atomic mass is 10.0. The first-order valence-electron chi connectivity index (χ1n) is 4.98. The van der Waals surface area contributed by atoms with Crippen molar-refractivity contribution in [1.82, 2.24) is 5.32 Å². The van der Waals surface area contributed by atoms with Crippen LogP contribution in [0.2, 0.25) is 0 Å². The molecule has 4 nitrogen and oxygen atoms in total. The van der Waals surface area contributed by atoms with E-state index in [-0.39, 0.29) is 28.9 Å². The molecule has 1 aromatic rings. The zero-order valence-corrected chi connectivity index (χ0v) is 8.23. The average Bonchev–Trinajstić information content (AvgIpc) is 2.69. The lowest BCUT2D eigenvalue weighted by Gasteiger charge is -2.10. The molecule has 1 atom stereocenters. The molecule has 1 saturated heterocycles. The van der Waals surface area contributed by atoms with Crippen LogP contribution in [0.1, 0.15) is 23.2 Å². The number of benzene rings is 1. The molecule has 0 radical (unpaired) electrons. The Morgan fingerprint density at radius 2 is 2.20 bits per heavy atom. The Hall–Kier alpha value is -1.55. The second kappa shape index (κ2) is 3.90. The van der Waals surface area contributed by atoms with Crippen LogP contribution in [-0.2, 0) is 0 Å². The molecule has 1 aliphatic rings. The maximum Gasteiger partial charge on any atom is 0.183 e. The number of rotatable bonds is 2. The second-order valence-electron chi connectivity index (χ2n) is 3.71. The van der Waals surface area contributed by atoms with Crippen molar-refractivity contribution in [2.75, 3.05) is 6.54 Å². The van der Waals surface area contributed by atoms with E-state index in [1.54, 1.807) is 0 Å². The fourth-order valence-corrected chi connectivity index (χ4v) is 1.82. The summed E-state index contributed by atoms with van der Waals surface area (Å²) in [6, 6.07) is 3.84. The van der Waals surface area contributed by atoms with Gasteiger partial charge >= 0.3 is 0 Å². The third kappa shape index (κ3) is 1.94. The summed E-state index contributed by atoms with van der Waals surface area (Å²) in [5, 5.41) is 21.7. The first-order valence-corrected chi connectivity index (χ1v) is 4.98. The Balaban J connectivity index is 2.24. The van der Waals surface area contributed by atoms with Crippen LogP contribution < -0.4 is 5.32 Å². The monoisotopic (exact) mass is 207 g/mol. The molecule has 1 aromatic carbocycles. The van der Waals surface area contributed by atoms with Crippen molar-refractivity contribution in [3.05, 3.63) is 23.8 Å². The SMILES string of the molecule is O=C(c1ccc(O)cc1O)C1CCCN1. The number of carbonyl (C=O) groups is 1. The third-order valence-corrected chi connectivity index (χ3v) is 2.62. The van der Waals surface area contributed by atoms with Crippen LogP contribution in [0.4, 0.5) is 0 Å². The van der Waals surface area contributed by atoms with Crippen molar-refractivity contribution in [1.29, 1.82) is 0 Å². The van der Waals surface area contributed by atoms with Crippen LogP contribution in [0.25, 0.3) is 0 Å². The van der Waals surface area contributed by atoms with E-state index in [2.05, 4.69) is 5.32 Å². The Morgan fingerprint density at radius 3 is 2.80 bits per heavy atom. The minimum atomic E-state index is -0.194. The highest BCUT2D eigenvalue weighted by Crippen LogP contribution is 2.25. The summed E-state index contributed by atoms with van der Waals surface area (Å²) < 4.78 is 0. The lowest BCUT2D eigenvalue weighted by molar-refractivity contribution is 0.0949. The molecular weight excluding hydrogens is 194 g/mol. The molecule has 2 rings (SSSR count). The van der Waals surface area contributed by atoms with Gasteiger partial charge in [-0.3, -0.25) is 4.79 Å². The smallest absolute Gasteiger partial charge is 0.183 e. The number of hydrogen-bond donors (Lipinski definition) is 3. The fraction of sp³-hybridized carbons (Fsp3) is 0.364. The molecule has 1 unspecified atom stereocenters. The van der Waals surface area contributed by atoms with E-state index in [4.69, 9.17) is 5.11 Å². The van der Waals surface area contributed by atoms with Crippen LogP contribution in [0.3, 0.4) is 0 Å². The predicted octanol–water partition coefficient (Wildman–Crippen LogP) is 1.03. The van der Waals surface area contributed by atoms with Gasteiger partial charge in [-0.1, -0.05) is 0 Å². The zero-order chi connectivity index (χ0) is 10.8. The maximum absolute atomic E-state index is 11.9. The van der Waals surface area contributed by atoms with Crippen LogP contribution in [0, 0.1) is 0 Å². The summed E-state index contributed by atoms with van der Waals surface area (Å²) in [6.07, 6.45) is 1.79. The highest BCUT2D eigenvalue weighted by molar-refractivity contribution is 6.02. The molecular formula is C11H13NO3. The summed E-state index contributed by atoms with van der Waals surface area (Å²) in [4.78, 5) is 11.9. The van der Waals surface area contributed by atoms with E-state index in [1.807, 2.05) is 0 Å². The van der Waals surface area contributed by atoms with E-state index in [1.165, 1.54) is 18.2 Å². The molecule has 1 fully saturated rings. The number of phenols is 2. The van der Waals surface area contributed by atoms with Crippen molar-refractivity contribution in [3.8, 4) is 11.5 Å². The molecule has 0 aromatic heterocycles. The molecule has 1 aliphatic heterocycles. The molecule has 80 valence electrons. The zero-order valence-electron chi connectivity index (χ0n) is 8.23. The molecule has 0 amide bonds. The Labute approximate surface area is 87.6 Å². The maximum atomic E-state index is 11.9. The van der Waals surface area contributed by atoms with Gasteiger partial charge in [0.15, 0.2) is 5.78 Å². The van der Waals surface area contributed by atoms with Crippen molar-refractivity contribution in [2.24, 2.45) is 0 Å². The van der Waals surface area contributed by atoms with Gasteiger partial charge in [-0.25, -0.2) is 0 Å². The average molecular weight is 207 g/mol. The summed E-state index contributed by atoms with van der Waals surface area (Å²) in [6.45, 7) is 0.843. The van der Waals surface area contributed by atoms with Crippen LogP contribution in [0.15, 0.2) is 18.2 Å². The summed E-state index contributed by atoms with van der Waals surface area (Å²) in [7, 11) is 0. The predicted molar refractivity (Wildman–Crippen MR) is 55.1 cm³/mol. The minimum Gasteiger partial charge on any atom is -0.508 e. The third-order valence-electron chi connectivity index (χ3n) is 2.62. The number of hydrogen-bond acceptors (Lipinski definition) is 4. The first kappa shape index (κ1) is 9.98. The van der Waals surface area contributed by atoms with Gasteiger partial charge in [-0.15, -0.1) is 0 Å². The standard InChI is InChI=1S/C11H13NO3/c13-7-3-4-8(10(14)6-7)11(15)9-2-1-5-12-9/h3-4,6,9,12-14H,1-2,5H2. The number of phenolic OH excluding ortho intramolecular Hbond substituents is 2. The minimum absolute atomic E-state index is 0.0385. The van der Waals surface area contributed by atoms with E-state index in [0.29, 0.717) is 0 Å². The van der Waals surface area contributed by atoms with E-state index >= 15 is 0 Å². The first-order chi connectivity index (χ1) is 7.18. The van der Waals surface area contributed by atoms with Gasteiger partial charge in [0.1, 0.15) is 11.5 Å². The van der Waals surface area contributed by atoms with Gasteiger partial charge in [-0.2, -0.15) is 0 Å². The Kier molecular flexibility index (Phi) is 2.60. The molecule has 0 saturated carbocycles.